The number of nitrogens with zero attached hydrogens (tertiary/aromatic N) is 1. The smallest absolute Gasteiger partial charge is 0.189 e. The average molecular weight is 266 g/mol. The maximum Gasteiger partial charge on any atom is 0.189 e. The molecule has 1 heterocycles. The third-order valence-electron chi connectivity index (χ3n) is 3.31. The molecule has 1 N–H and O–H groups in total. The Morgan fingerprint density at radius 2 is 1.80 bits per heavy atom. The van der Waals surface area contributed by atoms with Gasteiger partial charge >= 0.3 is 0 Å². The van der Waals surface area contributed by atoms with Gasteiger partial charge in [-0.1, -0.05) is 30.3 Å². The molecule has 0 fully saturated rings. The average Bonchev–Trinajstić information content (AvgIpc) is 2.88. The Morgan fingerprint density at radius 3 is 2.50 bits per heavy atom. The summed E-state index contributed by atoms with van der Waals surface area (Å²) in [5.41, 5.74) is 3.41. The normalized spacial score (nSPS) is 16.6. The number of nitrogens with one attached hydrogen (secondary N) is 1. The van der Waals surface area contributed by atoms with Gasteiger partial charge in [-0.05, 0) is 35.9 Å². The lowest BCUT2D eigenvalue weighted by Gasteiger charge is -2.12. The minimum Gasteiger partial charge on any atom is -0.465 e. The summed E-state index contributed by atoms with van der Waals surface area (Å²) in [7, 11) is 4.08. The van der Waals surface area contributed by atoms with Gasteiger partial charge in [-0.15, -0.1) is 0 Å². The Morgan fingerprint density at radius 1 is 1.05 bits per heavy atom. The van der Waals surface area contributed by atoms with Gasteiger partial charge < -0.3 is 15.0 Å². The number of fused-ring (bicyclic) bond motifs is 1. The summed E-state index contributed by atoms with van der Waals surface area (Å²) in [6.45, 7) is 0. The molecule has 3 heteroatoms. The molecule has 20 heavy (non-hydrogen) atoms. The van der Waals surface area contributed by atoms with Crippen LogP contribution in [0.1, 0.15) is 5.56 Å². The summed E-state index contributed by atoms with van der Waals surface area (Å²) in [4.78, 5) is 2.09. The van der Waals surface area contributed by atoms with Crippen molar-refractivity contribution >= 4 is 17.5 Å². The van der Waals surface area contributed by atoms with Gasteiger partial charge in [0.25, 0.3) is 0 Å². The van der Waals surface area contributed by atoms with Crippen LogP contribution in [-0.2, 0) is 0 Å². The second kappa shape index (κ2) is 5.29. The molecule has 1 aliphatic heterocycles. The Balaban J connectivity index is 1.67. The minimum absolute atomic E-state index is 0.0964. The van der Waals surface area contributed by atoms with Crippen molar-refractivity contribution in [2.24, 2.45) is 0 Å². The molecule has 0 bridgehead atoms. The Bertz CT molecular complexity index is 592. The molecule has 0 spiro atoms. The van der Waals surface area contributed by atoms with Crippen LogP contribution in [-0.4, -0.2) is 20.3 Å². The highest BCUT2D eigenvalue weighted by Gasteiger charge is 2.17. The fourth-order valence-corrected chi connectivity index (χ4v) is 2.18. The SMILES string of the molecule is CN(C)c1ccc(/C=C/C2Nc3ccccc3O2)cc1. The molecule has 102 valence electrons. The van der Waals surface area contributed by atoms with Crippen molar-refractivity contribution in [1.29, 1.82) is 0 Å². The van der Waals surface area contributed by atoms with E-state index in [2.05, 4.69) is 40.6 Å². The molecular formula is C17H18N2O. The van der Waals surface area contributed by atoms with E-state index in [9.17, 15) is 0 Å². The Hall–Kier alpha value is -2.42. The van der Waals surface area contributed by atoms with Gasteiger partial charge in [0.15, 0.2) is 6.23 Å². The topological polar surface area (TPSA) is 24.5 Å². The van der Waals surface area contributed by atoms with Crippen LogP contribution in [0.25, 0.3) is 6.08 Å². The first-order valence-electron chi connectivity index (χ1n) is 6.70. The maximum atomic E-state index is 5.78. The maximum absolute atomic E-state index is 5.78. The van der Waals surface area contributed by atoms with Gasteiger partial charge in [-0.25, -0.2) is 0 Å². The van der Waals surface area contributed by atoms with Gasteiger partial charge in [0.1, 0.15) is 5.75 Å². The van der Waals surface area contributed by atoms with E-state index in [0.29, 0.717) is 0 Å². The van der Waals surface area contributed by atoms with Crippen LogP contribution in [0.2, 0.25) is 0 Å². The lowest BCUT2D eigenvalue weighted by atomic mass is 10.2. The van der Waals surface area contributed by atoms with E-state index in [1.165, 1.54) is 5.69 Å². The number of ether oxygens (including phenoxy) is 1. The summed E-state index contributed by atoms with van der Waals surface area (Å²) in [6.07, 6.45) is 4.01. The number of para-hydroxylation sites is 2. The van der Waals surface area contributed by atoms with Crippen molar-refractivity contribution in [1.82, 2.24) is 0 Å². The predicted molar refractivity (Wildman–Crippen MR) is 84.3 cm³/mol. The van der Waals surface area contributed by atoms with Gasteiger partial charge in [0.2, 0.25) is 0 Å². The zero-order valence-corrected chi connectivity index (χ0v) is 11.7. The zero-order valence-electron chi connectivity index (χ0n) is 11.7. The standard InChI is InChI=1S/C17H18N2O/c1-19(2)14-10-7-13(8-11-14)9-12-17-18-15-5-3-4-6-16(15)20-17/h3-12,17-18H,1-2H3/b12-9+. The largest absolute Gasteiger partial charge is 0.465 e. The van der Waals surface area contributed by atoms with Crippen molar-refractivity contribution in [3.8, 4) is 5.75 Å². The van der Waals surface area contributed by atoms with Crippen molar-refractivity contribution in [3.05, 3.63) is 60.2 Å². The molecule has 1 unspecified atom stereocenters. The molecular weight excluding hydrogens is 248 g/mol. The third-order valence-corrected chi connectivity index (χ3v) is 3.31. The van der Waals surface area contributed by atoms with E-state index in [0.717, 1.165) is 17.0 Å². The van der Waals surface area contributed by atoms with E-state index < -0.39 is 0 Å². The summed E-state index contributed by atoms with van der Waals surface area (Å²) in [5.74, 6) is 0.908. The first-order valence-corrected chi connectivity index (χ1v) is 6.70. The molecule has 1 atom stereocenters. The first-order chi connectivity index (χ1) is 9.72. The second-order valence-corrected chi connectivity index (χ2v) is 5.02. The van der Waals surface area contributed by atoms with Gasteiger partial charge in [0, 0.05) is 19.8 Å². The molecule has 0 radical (unpaired) electrons. The van der Waals surface area contributed by atoms with Crippen LogP contribution in [0.15, 0.2) is 54.6 Å². The van der Waals surface area contributed by atoms with Crippen LogP contribution < -0.4 is 15.0 Å². The van der Waals surface area contributed by atoms with Crippen LogP contribution >= 0.6 is 0 Å². The van der Waals surface area contributed by atoms with Crippen molar-refractivity contribution in [2.45, 2.75) is 6.23 Å². The second-order valence-electron chi connectivity index (χ2n) is 5.02. The summed E-state index contributed by atoms with van der Waals surface area (Å²) < 4.78 is 5.78. The van der Waals surface area contributed by atoms with Crippen molar-refractivity contribution < 1.29 is 4.74 Å². The van der Waals surface area contributed by atoms with Crippen molar-refractivity contribution in [2.75, 3.05) is 24.3 Å². The number of hydrogen-bond acceptors (Lipinski definition) is 3. The van der Waals surface area contributed by atoms with Crippen LogP contribution in [0.3, 0.4) is 0 Å². The predicted octanol–water partition coefficient (Wildman–Crippen LogP) is 3.60. The fourth-order valence-electron chi connectivity index (χ4n) is 2.18. The molecule has 0 amide bonds. The Kier molecular flexibility index (Phi) is 3.33. The highest BCUT2D eigenvalue weighted by atomic mass is 16.5. The molecule has 0 saturated carbocycles. The minimum atomic E-state index is -0.0964. The summed E-state index contributed by atoms with van der Waals surface area (Å²) in [6, 6.07) is 16.4. The van der Waals surface area contributed by atoms with Gasteiger partial charge in [-0.2, -0.15) is 0 Å². The monoisotopic (exact) mass is 266 g/mol. The third kappa shape index (κ3) is 2.62. The molecule has 2 aromatic carbocycles. The highest BCUT2D eigenvalue weighted by Crippen LogP contribution is 2.31. The highest BCUT2D eigenvalue weighted by molar-refractivity contribution is 5.62. The van der Waals surface area contributed by atoms with E-state index >= 15 is 0 Å². The number of hydrogen-bond donors (Lipinski definition) is 1. The van der Waals surface area contributed by atoms with E-state index in [4.69, 9.17) is 4.74 Å². The van der Waals surface area contributed by atoms with Gasteiger partial charge in [0.05, 0.1) is 5.69 Å². The lowest BCUT2D eigenvalue weighted by molar-refractivity contribution is 0.303. The van der Waals surface area contributed by atoms with Crippen LogP contribution in [0.5, 0.6) is 5.75 Å². The summed E-state index contributed by atoms with van der Waals surface area (Å²) in [5, 5.41) is 3.32. The first kappa shape index (κ1) is 12.6. The van der Waals surface area contributed by atoms with Crippen molar-refractivity contribution in [3.63, 3.8) is 0 Å². The number of benzene rings is 2. The van der Waals surface area contributed by atoms with E-state index in [1.807, 2.05) is 44.4 Å². The van der Waals surface area contributed by atoms with E-state index in [1.54, 1.807) is 0 Å². The number of anilines is 2. The van der Waals surface area contributed by atoms with E-state index in [-0.39, 0.29) is 6.23 Å². The molecule has 3 rings (SSSR count). The zero-order chi connectivity index (χ0) is 13.9. The molecule has 2 aromatic rings. The molecule has 0 aliphatic carbocycles. The summed E-state index contributed by atoms with van der Waals surface area (Å²) >= 11 is 0. The molecule has 1 aliphatic rings. The molecule has 3 nitrogen and oxygen atoms in total. The van der Waals surface area contributed by atoms with Gasteiger partial charge in [-0.3, -0.25) is 0 Å². The fraction of sp³-hybridized carbons (Fsp3) is 0.176. The molecule has 0 aromatic heterocycles. The Labute approximate surface area is 119 Å². The van der Waals surface area contributed by atoms with Crippen LogP contribution in [0, 0.1) is 0 Å². The van der Waals surface area contributed by atoms with Crippen LogP contribution in [0.4, 0.5) is 11.4 Å². The quantitative estimate of drug-likeness (QED) is 0.918. The number of rotatable bonds is 3. The lowest BCUT2D eigenvalue weighted by Crippen LogP contribution is -2.16. The molecule has 0 saturated heterocycles.